The van der Waals surface area contributed by atoms with Crippen molar-refractivity contribution in [2.24, 2.45) is 0 Å². The number of imidazole rings is 1. The molecule has 0 bridgehead atoms. The predicted octanol–water partition coefficient (Wildman–Crippen LogP) is 5.20. The van der Waals surface area contributed by atoms with Crippen molar-refractivity contribution in [1.82, 2.24) is 9.55 Å². The molecule has 0 N–H and O–H groups in total. The number of benzene rings is 2. The van der Waals surface area contributed by atoms with Crippen molar-refractivity contribution >= 4 is 11.6 Å². The van der Waals surface area contributed by atoms with Gasteiger partial charge >= 0.3 is 0 Å². The summed E-state index contributed by atoms with van der Waals surface area (Å²) in [7, 11) is 0. The Morgan fingerprint density at radius 3 is 2.50 bits per heavy atom. The smallest absolute Gasteiger partial charge is 0.123 e. The molecule has 0 atom stereocenters. The van der Waals surface area contributed by atoms with E-state index >= 15 is 0 Å². The van der Waals surface area contributed by atoms with E-state index in [2.05, 4.69) is 6.92 Å². The molecular formula is C18H16ClFN2. The Balaban J connectivity index is 2.07. The molecule has 22 heavy (non-hydrogen) atoms. The lowest BCUT2D eigenvalue weighted by atomic mass is 10.1. The zero-order valence-electron chi connectivity index (χ0n) is 12.5. The predicted molar refractivity (Wildman–Crippen MR) is 88.1 cm³/mol. The summed E-state index contributed by atoms with van der Waals surface area (Å²) in [6.07, 6.45) is 2.78. The first-order valence-electron chi connectivity index (χ1n) is 7.19. The molecule has 0 amide bonds. The van der Waals surface area contributed by atoms with Crippen LogP contribution >= 0.6 is 11.6 Å². The fraction of sp³-hybridized carbons (Fsp3) is 0.167. The van der Waals surface area contributed by atoms with Gasteiger partial charge in [0.1, 0.15) is 11.6 Å². The number of nitrogens with zero attached hydrogens (tertiary/aromatic N) is 2. The molecule has 0 aliphatic heterocycles. The minimum absolute atomic E-state index is 0.240. The van der Waals surface area contributed by atoms with Gasteiger partial charge in [0.2, 0.25) is 0 Å². The molecule has 2 nitrogen and oxygen atoms in total. The zero-order chi connectivity index (χ0) is 15.7. The van der Waals surface area contributed by atoms with Crippen LogP contribution in [0.25, 0.3) is 16.9 Å². The van der Waals surface area contributed by atoms with Crippen LogP contribution < -0.4 is 0 Å². The first kappa shape index (κ1) is 14.8. The van der Waals surface area contributed by atoms with Crippen molar-refractivity contribution in [2.75, 3.05) is 0 Å². The molecule has 0 saturated carbocycles. The normalized spacial score (nSPS) is 10.9. The van der Waals surface area contributed by atoms with Crippen molar-refractivity contribution in [2.45, 2.75) is 20.3 Å². The molecule has 0 aliphatic rings. The topological polar surface area (TPSA) is 17.8 Å². The van der Waals surface area contributed by atoms with E-state index in [4.69, 9.17) is 16.6 Å². The highest BCUT2D eigenvalue weighted by molar-refractivity contribution is 6.31. The van der Waals surface area contributed by atoms with Gasteiger partial charge in [-0.3, -0.25) is 0 Å². The highest BCUT2D eigenvalue weighted by atomic mass is 35.5. The summed E-state index contributed by atoms with van der Waals surface area (Å²) in [5, 5.41) is 0.748. The third-order valence-corrected chi connectivity index (χ3v) is 4.08. The number of halogens is 2. The van der Waals surface area contributed by atoms with Crippen LogP contribution in [0.2, 0.25) is 5.02 Å². The maximum absolute atomic E-state index is 13.1. The highest BCUT2D eigenvalue weighted by Gasteiger charge is 2.10. The van der Waals surface area contributed by atoms with Crippen LogP contribution in [-0.4, -0.2) is 9.55 Å². The van der Waals surface area contributed by atoms with Gasteiger partial charge in [0.25, 0.3) is 0 Å². The van der Waals surface area contributed by atoms with Crippen molar-refractivity contribution in [1.29, 1.82) is 0 Å². The summed E-state index contributed by atoms with van der Waals surface area (Å²) in [4.78, 5) is 4.69. The Hall–Kier alpha value is -2.13. The summed E-state index contributed by atoms with van der Waals surface area (Å²) in [5.74, 6) is 0.699. The lowest BCUT2D eigenvalue weighted by Crippen LogP contribution is -1.98. The highest BCUT2D eigenvalue weighted by Crippen LogP contribution is 2.26. The molecule has 4 heteroatoms. The zero-order valence-corrected chi connectivity index (χ0v) is 13.2. The molecule has 3 aromatic rings. The average molecular weight is 315 g/mol. The maximum atomic E-state index is 13.1. The summed E-state index contributed by atoms with van der Waals surface area (Å²) < 4.78 is 15.1. The molecule has 112 valence electrons. The Morgan fingerprint density at radius 2 is 1.86 bits per heavy atom. The lowest BCUT2D eigenvalue weighted by Gasteiger charge is -2.05. The van der Waals surface area contributed by atoms with E-state index in [0.29, 0.717) is 0 Å². The fourth-order valence-corrected chi connectivity index (χ4v) is 2.55. The Labute approximate surface area is 134 Å². The third-order valence-electron chi connectivity index (χ3n) is 3.65. The SMILES string of the molecule is CCc1nc(-c2ccc(Cl)c(C)c2)cn1-c1ccc(F)cc1. The minimum Gasteiger partial charge on any atom is -0.303 e. The third kappa shape index (κ3) is 2.77. The molecule has 2 aromatic carbocycles. The van der Waals surface area contributed by atoms with Gasteiger partial charge in [-0.15, -0.1) is 0 Å². The van der Waals surface area contributed by atoms with E-state index in [1.165, 1.54) is 12.1 Å². The standard InChI is InChI=1S/C18H16ClFN2/c1-3-18-21-17(13-4-9-16(19)12(2)10-13)11-22(18)15-7-5-14(20)6-8-15/h4-11H,3H2,1-2H3. The van der Waals surface area contributed by atoms with E-state index in [1.807, 2.05) is 35.9 Å². The summed E-state index contributed by atoms with van der Waals surface area (Å²) in [5.41, 5.74) is 3.84. The monoisotopic (exact) mass is 314 g/mol. The van der Waals surface area contributed by atoms with Gasteiger partial charge in [0.15, 0.2) is 0 Å². The number of rotatable bonds is 3. The van der Waals surface area contributed by atoms with Gasteiger partial charge in [-0.05, 0) is 48.9 Å². The minimum atomic E-state index is -0.240. The van der Waals surface area contributed by atoms with Crippen LogP contribution in [-0.2, 0) is 6.42 Å². The molecule has 0 unspecified atom stereocenters. The van der Waals surface area contributed by atoms with E-state index in [1.54, 1.807) is 12.1 Å². The van der Waals surface area contributed by atoms with Gasteiger partial charge in [-0.2, -0.15) is 0 Å². The Bertz CT molecular complexity index is 806. The number of aryl methyl sites for hydroxylation is 2. The number of aromatic nitrogens is 2. The number of hydrogen-bond donors (Lipinski definition) is 0. The van der Waals surface area contributed by atoms with Crippen molar-refractivity contribution in [3.63, 3.8) is 0 Å². The Kier molecular flexibility index (Phi) is 3.99. The molecule has 0 spiro atoms. The van der Waals surface area contributed by atoms with Gasteiger partial charge in [0.05, 0.1) is 5.69 Å². The van der Waals surface area contributed by atoms with E-state index < -0.39 is 0 Å². The van der Waals surface area contributed by atoms with E-state index in [-0.39, 0.29) is 5.82 Å². The van der Waals surface area contributed by atoms with Crippen molar-refractivity contribution < 1.29 is 4.39 Å². The largest absolute Gasteiger partial charge is 0.303 e. The van der Waals surface area contributed by atoms with Crippen LogP contribution in [0, 0.1) is 12.7 Å². The molecular weight excluding hydrogens is 299 g/mol. The van der Waals surface area contributed by atoms with Crippen LogP contribution in [0.3, 0.4) is 0 Å². The lowest BCUT2D eigenvalue weighted by molar-refractivity contribution is 0.627. The van der Waals surface area contributed by atoms with E-state index in [9.17, 15) is 4.39 Å². The van der Waals surface area contributed by atoms with Crippen LogP contribution in [0.15, 0.2) is 48.7 Å². The Morgan fingerprint density at radius 1 is 1.14 bits per heavy atom. The maximum Gasteiger partial charge on any atom is 0.123 e. The summed E-state index contributed by atoms with van der Waals surface area (Å²) in [6.45, 7) is 4.03. The quantitative estimate of drug-likeness (QED) is 0.649. The average Bonchev–Trinajstić information content (AvgIpc) is 2.95. The second-order valence-corrected chi connectivity index (χ2v) is 5.61. The first-order valence-corrected chi connectivity index (χ1v) is 7.57. The fourth-order valence-electron chi connectivity index (χ4n) is 2.44. The van der Waals surface area contributed by atoms with Gasteiger partial charge < -0.3 is 4.57 Å². The molecule has 3 rings (SSSR count). The molecule has 0 fully saturated rings. The summed E-state index contributed by atoms with van der Waals surface area (Å²) in [6, 6.07) is 12.3. The van der Waals surface area contributed by atoms with Gasteiger partial charge in [-0.25, -0.2) is 9.37 Å². The van der Waals surface area contributed by atoms with Gasteiger partial charge in [0, 0.05) is 28.9 Å². The second kappa shape index (κ2) is 5.93. The van der Waals surface area contributed by atoms with Crippen molar-refractivity contribution in [3.8, 4) is 16.9 Å². The second-order valence-electron chi connectivity index (χ2n) is 5.21. The van der Waals surface area contributed by atoms with Crippen LogP contribution in [0.4, 0.5) is 4.39 Å². The first-order chi connectivity index (χ1) is 10.6. The molecule has 0 radical (unpaired) electrons. The van der Waals surface area contributed by atoms with Crippen LogP contribution in [0.5, 0.6) is 0 Å². The molecule has 1 aromatic heterocycles. The van der Waals surface area contributed by atoms with Gasteiger partial charge in [-0.1, -0.05) is 24.6 Å². The van der Waals surface area contributed by atoms with E-state index in [0.717, 1.165) is 39.8 Å². The summed E-state index contributed by atoms with van der Waals surface area (Å²) >= 11 is 6.08. The molecule has 0 saturated heterocycles. The van der Waals surface area contributed by atoms with Crippen molar-refractivity contribution in [3.05, 3.63) is 70.9 Å². The molecule has 0 aliphatic carbocycles. The number of hydrogen-bond acceptors (Lipinski definition) is 1. The van der Waals surface area contributed by atoms with Crippen LogP contribution in [0.1, 0.15) is 18.3 Å². The molecule has 1 heterocycles.